The minimum atomic E-state index is 0.0398. The molecule has 0 atom stereocenters. The van der Waals surface area contributed by atoms with Crippen molar-refractivity contribution < 1.29 is 19.3 Å². The van der Waals surface area contributed by atoms with Crippen LogP contribution in [0.5, 0.6) is 28.7 Å². The van der Waals surface area contributed by atoms with Gasteiger partial charge in [0, 0.05) is 6.07 Å². The number of aromatic hydroxyl groups is 1. The molecule has 19 heavy (non-hydrogen) atoms. The van der Waals surface area contributed by atoms with Crippen LogP contribution in [0, 0.1) is 6.92 Å². The fourth-order valence-corrected chi connectivity index (χ4v) is 1.75. The molecule has 100 valence electrons. The number of methoxy groups -OCH3 is 2. The molecule has 0 aliphatic heterocycles. The molecule has 4 heteroatoms. The van der Waals surface area contributed by atoms with E-state index in [1.807, 2.05) is 25.1 Å². The summed E-state index contributed by atoms with van der Waals surface area (Å²) in [6, 6.07) is 10.6. The van der Waals surface area contributed by atoms with E-state index in [-0.39, 0.29) is 5.75 Å². The summed E-state index contributed by atoms with van der Waals surface area (Å²) in [5.41, 5.74) is 0.862. The third kappa shape index (κ3) is 2.73. The van der Waals surface area contributed by atoms with Gasteiger partial charge in [-0.15, -0.1) is 0 Å². The Balaban J connectivity index is 2.36. The lowest BCUT2D eigenvalue weighted by Gasteiger charge is -2.13. The Labute approximate surface area is 112 Å². The molecule has 1 N–H and O–H groups in total. The average molecular weight is 260 g/mol. The van der Waals surface area contributed by atoms with Crippen LogP contribution in [-0.4, -0.2) is 19.3 Å². The second kappa shape index (κ2) is 5.52. The largest absolute Gasteiger partial charge is 0.504 e. The highest BCUT2D eigenvalue weighted by Crippen LogP contribution is 2.38. The maximum atomic E-state index is 9.78. The van der Waals surface area contributed by atoms with Crippen LogP contribution in [0.25, 0.3) is 0 Å². The van der Waals surface area contributed by atoms with E-state index in [0.29, 0.717) is 23.0 Å². The zero-order valence-corrected chi connectivity index (χ0v) is 11.1. The van der Waals surface area contributed by atoms with Crippen LogP contribution in [0.4, 0.5) is 0 Å². The van der Waals surface area contributed by atoms with Gasteiger partial charge in [0.1, 0.15) is 5.75 Å². The molecule has 0 saturated heterocycles. The minimum Gasteiger partial charge on any atom is -0.504 e. The number of rotatable bonds is 4. The van der Waals surface area contributed by atoms with E-state index in [1.165, 1.54) is 13.2 Å². The van der Waals surface area contributed by atoms with Gasteiger partial charge in [0.2, 0.25) is 0 Å². The first-order valence-electron chi connectivity index (χ1n) is 5.84. The second-order valence-corrected chi connectivity index (χ2v) is 4.04. The molecular weight excluding hydrogens is 244 g/mol. The monoisotopic (exact) mass is 260 g/mol. The smallest absolute Gasteiger partial charge is 0.169 e. The lowest BCUT2D eigenvalue weighted by atomic mass is 10.2. The number of para-hydroxylation sites is 2. The molecule has 4 nitrogen and oxygen atoms in total. The molecule has 0 radical (unpaired) electrons. The summed E-state index contributed by atoms with van der Waals surface area (Å²) in [6.07, 6.45) is 0. The Bertz CT molecular complexity index is 578. The first-order valence-corrected chi connectivity index (χ1v) is 5.84. The van der Waals surface area contributed by atoms with Crippen molar-refractivity contribution in [3.63, 3.8) is 0 Å². The van der Waals surface area contributed by atoms with Crippen molar-refractivity contribution in [2.45, 2.75) is 6.92 Å². The number of ether oxygens (including phenoxy) is 3. The Morgan fingerprint density at radius 3 is 2.11 bits per heavy atom. The van der Waals surface area contributed by atoms with E-state index >= 15 is 0 Å². The van der Waals surface area contributed by atoms with Gasteiger partial charge in [0.15, 0.2) is 23.0 Å². The topological polar surface area (TPSA) is 47.9 Å². The fourth-order valence-electron chi connectivity index (χ4n) is 1.75. The highest BCUT2D eigenvalue weighted by atomic mass is 16.5. The average Bonchev–Trinajstić information content (AvgIpc) is 2.43. The highest BCUT2D eigenvalue weighted by Gasteiger charge is 2.11. The Hall–Kier alpha value is -2.36. The summed E-state index contributed by atoms with van der Waals surface area (Å²) < 4.78 is 16.0. The van der Waals surface area contributed by atoms with Crippen molar-refractivity contribution in [1.82, 2.24) is 0 Å². The van der Waals surface area contributed by atoms with Crippen LogP contribution >= 0.6 is 0 Å². The molecule has 2 rings (SSSR count). The molecule has 0 saturated carbocycles. The standard InChI is InChI=1S/C15H16O4/c1-10-8-15(18-3)11(16)9-14(10)19-13-7-5-4-6-12(13)17-2/h4-9,16H,1-3H3. The normalized spacial score (nSPS) is 10.1. The van der Waals surface area contributed by atoms with Gasteiger partial charge in [-0.05, 0) is 30.7 Å². The fraction of sp³-hybridized carbons (Fsp3) is 0.200. The van der Waals surface area contributed by atoms with Crippen LogP contribution < -0.4 is 14.2 Å². The van der Waals surface area contributed by atoms with Gasteiger partial charge in [0.25, 0.3) is 0 Å². The van der Waals surface area contributed by atoms with Crippen molar-refractivity contribution in [2.75, 3.05) is 14.2 Å². The SMILES string of the molecule is COc1cc(C)c(Oc2ccccc2OC)cc1O. The van der Waals surface area contributed by atoms with Gasteiger partial charge in [-0.3, -0.25) is 0 Å². The predicted octanol–water partition coefficient (Wildman–Crippen LogP) is 3.51. The summed E-state index contributed by atoms with van der Waals surface area (Å²) in [7, 11) is 3.09. The Morgan fingerprint density at radius 1 is 0.842 bits per heavy atom. The van der Waals surface area contributed by atoms with Gasteiger partial charge in [-0.1, -0.05) is 12.1 Å². The zero-order valence-electron chi connectivity index (χ0n) is 11.1. The molecule has 0 unspecified atom stereocenters. The van der Waals surface area contributed by atoms with E-state index in [1.54, 1.807) is 19.2 Å². The molecule has 0 spiro atoms. The van der Waals surface area contributed by atoms with Gasteiger partial charge < -0.3 is 19.3 Å². The number of phenols is 1. The minimum absolute atomic E-state index is 0.0398. The van der Waals surface area contributed by atoms with E-state index in [9.17, 15) is 5.11 Å². The number of phenolic OH excluding ortho intramolecular Hbond substituents is 1. The van der Waals surface area contributed by atoms with E-state index < -0.39 is 0 Å². The summed E-state index contributed by atoms with van der Waals surface area (Å²) in [6.45, 7) is 1.88. The molecule has 0 fully saturated rings. The third-order valence-corrected chi connectivity index (χ3v) is 2.77. The molecule has 0 aliphatic carbocycles. The molecule has 0 amide bonds. The maximum Gasteiger partial charge on any atom is 0.169 e. The van der Waals surface area contributed by atoms with Crippen LogP contribution in [-0.2, 0) is 0 Å². The van der Waals surface area contributed by atoms with Gasteiger partial charge in [0.05, 0.1) is 14.2 Å². The first-order chi connectivity index (χ1) is 9.15. The Kier molecular flexibility index (Phi) is 3.80. The quantitative estimate of drug-likeness (QED) is 0.913. The second-order valence-electron chi connectivity index (χ2n) is 4.04. The Morgan fingerprint density at radius 2 is 1.47 bits per heavy atom. The molecule has 0 heterocycles. The van der Waals surface area contributed by atoms with Crippen LogP contribution in [0.1, 0.15) is 5.56 Å². The van der Waals surface area contributed by atoms with Gasteiger partial charge in [-0.2, -0.15) is 0 Å². The molecule has 2 aromatic rings. The summed E-state index contributed by atoms with van der Waals surface area (Å²) >= 11 is 0. The number of hydrogen-bond donors (Lipinski definition) is 1. The zero-order chi connectivity index (χ0) is 13.8. The predicted molar refractivity (Wildman–Crippen MR) is 72.5 cm³/mol. The highest BCUT2D eigenvalue weighted by molar-refractivity contribution is 5.52. The van der Waals surface area contributed by atoms with E-state index in [4.69, 9.17) is 14.2 Å². The first kappa shape index (κ1) is 13.1. The molecule has 0 aliphatic rings. The molecular formula is C15H16O4. The van der Waals surface area contributed by atoms with Crippen molar-refractivity contribution in [3.05, 3.63) is 42.0 Å². The lowest BCUT2D eigenvalue weighted by Crippen LogP contribution is -1.93. The number of hydrogen-bond acceptors (Lipinski definition) is 4. The third-order valence-electron chi connectivity index (χ3n) is 2.77. The molecule has 0 aromatic heterocycles. The van der Waals surface area contributed by atoms with Crippen molar-refractivity contribution in [1.29, 1.82) is 0 Å². The van der Waals surface area contributed by atoms with Crippen molar-refractivity contribution >= 4 is 0 Å². The lowest BCUT2D eigenvalue weighted by molar-refractivity contribution is 0.363. The molecule has 2 aromatic carbocycles. The van der Waals surface area contributed by atoms with E-state index in [2.05, 4.69) is 0 Å². The maximum absolute atomic E-state index is 9.78. The summed E-state index contributed by atoms with van der Waals surface area (Å²) in [4.78, 5) is 0. The van der Waals surface area contributed by atoms with Crippen molar-refractivity contribution in [2.24, 2.45) is 0 Å². The van der Waals surface area contributed by atoms with Crippen LogP contribution in [0.3, 0.4) is 0 Å². The summed E-state index contributed by atoms with van der Waals surface area (Å²) in [5, 5.41) is 9.78. The van der Waals surface area contributed by atoms with Gasteiger partial charge >= 0.3 is 0 Å². The summed E-state index contributed by atoms with van der Waals surface area (Å²) in [5.74, 6) is 2.25. The number of benzene rings is 2. The van der Waals surface area contributed by atoms with Gasteiger partial charge in [-0.25, -0.2) is 0 Å². The molecule has 0 bridgehead atoms. The van der Waals surface area contributed by atoms with Crippen LogP contribution in [0.2, 0.25) is 0 Å². The number of aryl methyl sites for hydroxylation is 1. The van der Waals surface area contributed by atoms with Crippen LogP contribution in [0.15, 0.2) is 36.4 Å². The van der Waals surface area contributed by atoms with Crippen molar-refractivity contribution in [3.8, 4) is 28.7 Å². The van der Waals surface area contributed by atoms with E-state index in [0.717, 1.165) is 5.56 Å².